The minimum absolute atomic E-state index is 0.596. The average molecular weight is 258 g/mol. The van der Waals surface area contributed by atoms with Crippen LogP contribution >= 0.6 is 0 Å². The van der Waals surface area contributed by atoms with Gasteiger partial charge in [-0.05, 0) is 20.8 Å². The zero-order valence-corrected chi connectivity index (χ0v) is 10.8. The Morgan fingerprint density at radius 3 is 1.44 bits per heavy atom. The fourth-order valence-corrected chi connectivity index (χ4v) is 1.05. The van der Waals surface area contributed by atoms with E-state index in [0.717, 1.165) is 12.2 Å². The van der Waals surface area contributed by atoms with E-state index in [1.54, 1.807) is 6.92 Å². The van der Waals surface area contributed by atoms with Gasteiger partial charge in [0.25, 0.3) is 0 Å². The Morgan fingerprint density at radius 1 is 0.833 bits per heavy atom. The van der Waals surface area contributed by atoms with Gasteiger partial charge in [0, 0.05) is 12.2 Å². The number of carbonyl (C=O) groups excluding carboxylic acids is 2. The lowest BCUT2D eigenvalue weighted by Crippen LogP contribution is -2.28. The largest absolute Gasteiger partial charge is 0.433 e. The molecule has 0 aromatic heterocycles. The van der Waals surface area contributed by atoms with Gasteiger partial charge in [0.2, 0.25) is 12.6 Å². The van der Waals surface area contributed by atoms with Crippen LogP contribution in [-0.4, -0.2) is 30.8 Å². The molecule has 18 heavy (non-hydrogen) atoms. The van der Waals surface area contributed by atoms with E-state index < -0.39 is 30.8 Å². The molecular weight excluding hydrogens is 240 g/mol. The van der Waals surface area contributed by atoms with Crippen molar-refractivity contribution in [2.45, 2.75) is 39.6 Å². The molecule has 2 unspecified atom stereocenters. The maximum Gasteiger partial charge on any atom is 0.332 e. The molecule has 0 aliphatic heterocycles. The van der Waals surface area contributed by atoms with Crippen LogP contribution in [0.2, 0.25) is 0 Å². The zero-order chi connectivity index (χ0) is 14.1. The van der Waals surface area contributed by atoms with Crippen molar-refractivity contribution in [2.75, 3.05) is 0 Å². The van der Waals surface area contributed by atoms with E-state index >= 15 is 0 Å². The summed E-state index contributed by atoms with van der Waals surface area (Å²) in [5.74, 6) is -1.19. The summed E-state index contributed by atoms with van der Waals surface area (Å²) in [6, 6.07) is 0. The first-order valence-electron chi connectivity index (χ1n) is 5.36. The molecule has 0 fully saturated rings. The maximum absolute atomic E-state index is 10.9. The molecule has 6 nitrogen and oxygen atoms in total. The van der Waals surface area contributed by atoms with Crippen LogP contribution in [0.5, 0.6) is 0 Å². The Balaban J connectivity index is 3.98. The van der Waals surface area contributed by atoms with Crippen molar-refractivity contribution in [1.29, 1.82) is 0 Å². The van der Waals surface area contributed by atoms with Gasteiger partial charge in [0.15, 0.2) is 6.29 Å². The Labute approximate surface area is 106 Å². The highest BCUT2D eigenvalue weighted by molar-refractivity contribution is 5.81. The summed E-state index contributed by atoms with van der Waals surface area (Å²) >= 11 is 0. The van der Waals surface area contributed by atoms with Gasteiger partial charge in [0.1, 0.15) is 0 Å². The summed E-state index contributed by atoms with van der Waals surface area (Å²) < 4.78 is 19.9. The van der Waals surface area contributed by atoms with Gasteiger partial charge >= 0.3 is 11.9 Å². The van der Waals surface area contributed by atoms with E-state index in [1.807, 2.05) is 0 Å². The molecule has 0 aromatic carbocycles. The predicted octanol–water partition coefficient (Wildman–Crippen LogP) is 1.52. The molecule has 0 N–H and O–H groups in total. The standard InChI is InChI=1S/C12H18O6/c1-6-11(13)17-9(4)15-8(3)16-10(5)18-12(14)7-2/h6-10H,1-2H2,3-5H3. The van der Waals surface area contributed by atoms with Gasteiger partial charge in [-0.25, -0.2) is 9.59 Å². The number of rotatable bonds is 8. The van der Waals surface area contributed by atoms with Crippen LogP contribution in [0, 0.1) is 0 Å². The van der Waals surface area contributed by atoms with Crippen molar-refractivity contribution in [2.24, 2.45) is 0 Å². The molecule has 102 valence electrons. The van der Waals surface area contributed by atoms with Crippen LogP contribution in [0.1, 0.15) is 20.8 Å². The van der Waals surface area contributed by atoms with Gasteiger partial charge in [-0.1, -0.05) is 13.2 Å². The molecule has 0 aliphatic rings. The maximum atomic E-state index is 10.9. The van der Waals surface area contributed by atoms with E-state index in [1.165, 1.54) is 13.8 Å². The topological polar surface area (TPSA) is 71.1 Å². The molecule has 0 amide bonds. The van der Waals surface area contributed by atoms with Crippen LogP contribution < -0.4 is 0 Å². The first-order chi connectivity index (χ1) is 8.38. The van der Waals surface area contributed by atoms with Crippen LogP contribution in [0.3, 0.4) is 0 Å². The molecule has 0 spiro atoms. The van der Waals surface area contributed by atoms with Gasteiger partial charge in [-0.15, -0.1) is 0 Å². The third-order valence-electron chi connectivity index (χ3n) is 1.66. The minimum Gasteiger partial charge on any atom is -0.433 e. The second-order valence-corrected chi connectivity index (χ2v) is 3.26. The number of esters is 2. The van der Waals surface area contributed by atoms with Crippen LogP contribution in [0.15, 0.2) is 25.3 Å². The molecule has 0 rings (SSSR count). The van der Waals surface area contributed by atoms with Crippen molar-refractivity contribution in [3.8, 4) is 0 Å². The Kier molecular flexibility index (Phi) is 7.66. The fraction of sp³-hybridized carbons (Fsp3) is 0.500. The molecular formula is C12H18O6. The third kappa shape index (κ3) is 7.59. The summed E-state index contributed by atoms with van der Waals surface area (Å²) in [7, 11) is 0. The van der Waals surface area contributed by atoms with Crippen molar-refractivity contribution < 1.29 is 28.5 Å². The van der Waals surface area contributed by atoms with E-state index in [9.17, 15) is 9.59 Å². The van der Waals surface area contributed by atoms with E-state index in [4.69, 9.17) is 18.9 Å². The Morgan fingerprint density at radius 2 is 1.17 bits per heavy atom. The Hall–Kier alpha value is -1.66. The molecule has 0 aromatic rings. The molecule has 0 heterocycles. The Bertz CT molecular complexity index is 282. The summed E-state index contributed by atoms with van der Waals surface area (Å²) in [5.41, 5.74) is 0. The fourth-order valence-electron chi connectivity index (χ4n) is 1.05. The van der Waals surface area contributed by atoms with E-state index in [2.05, 4.69) is 13.2 Å². The summed E-state index contributed by atoms with van der Waals surface area (Å²) in [4.78, 5) is 21.7. The summed E-state index contributed by atoms with van der Waals surface area (Å²) in [5, 5.41) is 0. The first kappa shape index (κ1) is 16.3. The van der Waals surface area contributed by atoms with E-state index in [0.29, 0.717) is 0 Å². The minimum atomic E-state index is -0.798. The van der Waals surface area contributed by atoms with Gasteiger partial charge in [-0.3, -0.25) is 0 Å². The van der Waals surface area contributed by atoms with Crippen molar-refractivity contribution in [3.05, 3.63) is 25.3 Å². The predicted molar refractivity (Wildman–Crippen MR) is 63.1 cm³/mol. The molecule has 2 atom stereocenters. The first-order valence-corrected chi connectivity index (χ1v) is 5.36. The van der Waals surface area contributed by atoms with Crippen LogP contribution in [-0.2, 0) is 28.5 Å². The molecule has 0 aliphatic carbocycles. The number of hydrogen-bond acceptors (Lipinski definition) is 6. The third-order valence-corrected chi connectivity index (χ3v) is 1.66. The number of hydrogen-bond donors (Lipinski definition) is 0. The quantitative estimate of drug-likeness (QED) is 0.373. The number of ether oxygens (including phenoxy) is 4. The monoisotopic (exact) mass is 258 g/mol. The normalized spacial score (nSPS) is 15.1. The van der Waals surface area contributed by atoms with Gasteiger partial charge in [-0.2, -0.15) is 0 Å². The van der Waals surface area contributed by atoms with E-state index in [-0.39, 0.29) is 0 Å². The summed E-state index contributed by atoms with van der Waals surface area (Å²) in [6.07, 6.45) is -0.259. The highest BCUT2D eigenvalue weighted by Gasteiger charge is 2.16. The second-order valence-electron chi connectivity index (χ2n) is 3.26. The SMILES string of the molecule is C=CC(=O)OC(C)OC(C)OC(C)OC(=O)C=C. The molecule has 0 saturated carbocycles. The smallest absolute Gasteiger partial charge is 0.332 e. The molecule has 0 radical (unpaired) electrons. The second kappa shape index (κ2) is 8.43. The van der Waals surface area contributed by atoms with Crippen LogP contribution in [0.4, 0.5) is 0 Å². The molecule has 0 saturated heterocycles. The average Bonchev–Trinajstić information content (AvgIpc) is 2.27. The highest BCUT2D eigenvalue weighted by atomic mass is 16.8. The molecule has 0 bridgehead atoms. The lowest BCUT2D eigenvalue weighted by molar-refractivity contribution is -0.267. The van der Waals surface area contributed by atoms with Crippen molar-refractivity contribution >= 4 is 11.9 Å². The molecule has 6 heteroatoms. The van der Waals surface area contributed by atoms with Crippen molar-refractivity contribution in [1.82, 2.24) is 0 Å². The summed E-state index contributed by atoms with van der Waals surface area (Å²) in [6.45, 7) is 11.1. The number of carbonyl (C=O) groups is 2. The van der Waals surface area contributed by atoms with Crippen LogP contribution in [0.25, 0.3) is 0 Å². The zero-order valence-electron chi connectivity index (χ0n) is 10.8. The lowest BCUT2D eigenvalue weighted by atomic mass is 10.6. The lowest BCUT2D eigenvalue weighted by Gasteiger charge is -2.22. The van der Waals surface area contributed by atoms with Crippen molar-refractivity contribution in [3.63, 3.8) is 0 Å². The van der Waals surface area contributed by atoms with Gasteiger partial charge < -0.3 is 18.9 Å². The highest BCUT2D eigenvalue weighted by Crippen LogP contribution is 2.06. The van der Waals surface area contributed by atoms with Gasteiger partial charge in [0.05, 0.1) is 0 Å².